The summed E-state index contributed by atoms with van der Waals surface area (Å²) in [5.41, 5.74) is 1.88. The monoisotopic (exact) mass is 283 g/mol. The summed E-state index contributed by atoms with van der Waals surface area (Å²) in [6.45, 7) is 2.85. The first kappa shape index (κ1) is 13.8. The van der Waals surface area contributed by atoms with Gasteiger partial charge in [0.15, 0.2) is 9.84 Å². The zero-order valence-electron chi connectivity index (χ0n) is 10.8. The van der Waals surface area contributed by atoms with E-state index in [4.69, 9.17) is 0 Å². The van der Waals surface area contributed by atoms with Crippen LogP contribution in [0.4, 0.5) is 4.79 Å². The van der Waals surface area contributed by atoms with Crippen LogP contribution in [0, 0.1) is 6.92 Å². The molecule has 0 atom stereocenters. The summed E-state index contributed by atoms with van der Waals surface area (Å²) in [4.78, 5) is 17.5. The van der Waals surface area contributed by atoms with Crippen LogP contribution >= 0.6 is 0 Å². The second-order valence-electron chi connectivity index (χ2n) is 4.60. The van der Waals surface area contributed by atoms with Crippen molar-refractivity contribution in [2.45, 2.75) is 13.5 Å². The van der Waals surface area contributed by atoms with Crippen molar-refractivity contribution in [3.63, 3.8) is 0 Å². The lowest BCUT2D eigenvalue weighted by molar-refractivity contribution is 0.201. The van der Waals surface area contributed by atoms with Crippen molar-refractivity contribution < 1.29 is 13.2 Å². The number of urea groups is 1. The van der Waals surface area contributed by atoms with Gasteiger partial charge in [0.2, 0.25) is 0 Å². The topological polar surface area (TPSA) is 79.4 Å². The molecule has 0 saturated carbocycles. The van der Waals surface area contributed by atoms with Crippen LogP contribution < -0.4 is 5.32 Å². The average molecular weight is 283 g/mol. The quantitative estimate of drug-likeness (QED) is 0.848. The fraction of sp³-hybridized carbons (Fsp3) is 0.500. The van der Waals surface area contributed by atoms with E-state index in [0.29, 0.717) is 6.54 Å². The first-order chi connectivity index (χ1) is 8.96. The first-order valence-electron chi connectivity index (χ1n) is 6.11. The van der Waals surface area contributed by atoms with Crippen LogP contribution in [-0.4, -0.2) is 48.9 Å². The maximum atomic E-state index is 11.9. The minimum Gasteiger partial charge on any atom is -0.334 e. The fourth-order valence-corrected chi connectivity index (χ4v) is 3.12. The third-order valence-electron chi connectivity index (χ3n) is 3.04. The Labute approximate surface area is 112 Å². The third-order valence-corrected chi connectivity index (χ3v) is 4.65. The SMILES string of the molecule is Cc1cc(CNC(=O)N2CCS(=O)(=O)CC2)ccn1. The number of hydrogen-bond acceptors (Lipinski definition) is 4. The molecule has 19 heavy (non-hydrogen) atoms. The predicted molar refractivity (Wildman–Crippen MR) is 71.4 cm³/mol. The Hall–Kier alpha value is -1.63. The van der Waals surface area contributed by atoms with Gasteiger partial charge in [-0.2, -0.15) is 0 Å². The van der Waals surface area contributed by atoms with Crippen molar-refractivity contribution in [2.24, 2.45) is 0 Å². The van der Waals surface area contributed by atoms with E-state index in [1.807, 2.05) is 19.1 Å². The molecule has 2 amide bonds. The van der Waals surface area contributed by atoms with Gasteiger partial charge in [0.05, 0.1) is 11.5 Å². The Morgan fingerprint density at radius 2 is 2.11 bits per heavy atom. The number of hydrogen-bond donors (Lipinski definition) is 1. The fourth-order valence-electron chi connectivity index (χ4n) is 1.92. The highest BCUT2D eigenvalue weighted by molar-refractivity contribution is 7.91. The minimum atomic E-state index is -2.95. The van der Waals surface area contributed by atoms with E-state index in [2.05, 4.69) is 10.3 Å². The Morgan fingerprint density at radius 1 is 1.42 bits per heavy atom. The molecule has 2 heterocycles. The summed E-state index contributed by atoms with van der Waals surface area (Å²) < 4.78 is 22.5. The molecule has 0 unspecified atom stereocenters. The molecular formula is C12H17N3O3S. The predicted octanol–water partition coefficient (Wildman–Crippen LogP) is 0.330. The maximum absolute atomic E-state index is 11.9. The van der Waals surface area contributed by atoms with E-state index >= 15 is 0 Å². The lowest BCUT2D eigenvalue weighted by Crippen LogP contribution is -2.47. The highest BCUT2D eigenvalue weighted by Gasteiger charge is 2.24. The molecule has 0 radical (unpaired) electrons. The number of aromatic nitrogens is 1. The van der Waals surface area contributed by atoms with Gasteiger partial charge < -0.3 is 10.2 Å². The summed E-state index contributed by atoms with van der Waals surface area (Å²) >= 11 is 0. The van der Waals surface area contributed by atoms with Crippen LogP contribution in [0.1, 0.15) is 11.3 Å². The molecule has 0 bridgehead atoms. The van der Waals surface area contributed by atoms with Gasteiger partial charge in [-0.15, -0.1) is 0 Å². The van der Waals surface area contributed by atoms with Crippen molar-refractivity contribution >= 4 is 15.9 Å². The molecule has 1 saturated heterocycles. The molecule has 1 aliphatic rings. The molecular weight excluding hydrogens is 266 g/mol. The summed E-state index contributed by atoms with van der Waals surface area (Å²) in [5, 5.41) is 2.79. The van der Waals surface area contributed by atoms with Gasteiger partial charge in [0.25, 0.3) is 0 Å². The second kappa shape index (κ2) is 5.56. The number of nitrogens with zero attached hydrogens (tertiary/aromatic N) is 2. The van der Waals surface area contributed by atoms with E-state index in [-0.39, 0.29) is 30.6 Å². The molecule has 0 aromatic carbocycles. The molecule has 1 aromatic heterocycles. The van der Waals surface area contributed by atoms with Crippen molar-refractivity contribution in [2.75, 3.05) is 24.6 Å². The molecule has 1 aliphatic heterocycles. The third kappa shape index (κ3) is 3.92. The highest BCUT2D eigenvalue weighted by Crippen LogP contribution is 2.05. The largest absolute Gasteiger partial charge is 0.334 e. The van der Waals surface area contributed by atoms with Gasteiger partial charge in [-0.25, -0.2) is 13.2 Å². The molecule has 1 fully saturated rings. The number of carbonyl (C=O) groups excluding carboxylic acids is 1. The molecule has 0 spiro atoms. The van der Waals surface area contributed by atoms with Gasteiger partial charge in [-0.1, -0.05) is 0 Å². The van der Waals surface area contributed by atoms with Gasteiger partial charge in [-0.3, -0.25) is 4.98 Å². The first-order valence-corrected chi connectivity index (χ1v) is 7.93. The Balaban J connectivity index is 1.85. The summed E-state index contributed by atoms with van der Waals surface area (Å²) in [5.74, 6) is 0.101. The second-order valence-corrected chi connectivity index (χ2v) is 6.91. The van der Waals surface area contributed by atoms with Gasteiger partial charge >= 0.3 is 6.03 Å². The number of nitrogens with one attached hydrogen (secondary N) is 1. The van der Waals surface area contributed by atoms with Crippen molar-refractivity contribution in [3.05, 3.63) is 29.6 Å². The van der Waals surface area contributed by atoms with E-state index in [0.717, 1.165) is 11.3 Å². The molecule has 7 heteroatoms. The number of carbonyl (C=O) groups is 1. The highest BCUT2D eigenvalue weighted by atomic mass is 32.2. The van der Waals surface area contributed by atoms with Crippen LogP contribution in [0.25, 0.3) is 0 Å². The smallest absolute Gasteiger partial charge is 0.317 e. The normalized spacial score (nSPS) is 18.1. The number of amides is 2. The zero-order chi connectivity index (χ0) is 13.9. The molecule has 104 valence electrons. The van der Waals surface area contributed by atoms with Crippen LogP contribution in [0.15, 0.2) is 18.3 Å². The molecule has 0 aliphatic carbocycles. The minimum absolute atomic E-state index is 0.0504. The van der Waals surface area contributed by atoms with Gasteiger partial charge in [0, 0.05) is 31.5 Å². The van der Waals surface area contributed by atoms with E-state index in [9.17, 15) is 13.2 Å². The average Bonchev–Trinajstić information content (AvgIpc) is 2.36. The van der Waals surface area contributed by atoms with Crippen LogP contribution in [0.5, 0.6) is 0 Å². The number of sulfone groups is 1. The van der Waals surface area contributed by atoms with E-state index in [1.165, 1.54) is 4.90 Å². The van der Waals surface area contributed by atoms with Crippen molar-refractivity contribution in [3.8, 4) is 0 Å². The number of rotatable bonds is 2. The van der Waals surface area contributed by atoms with Crippen LogP contribution in [0.2, 0.25) is 0 Å². The standard InChI is InChI=1S/C12H17N3O3S/c1-10-8-11(2-3-13-10)9-14-12(16)15-4-6-19(17,18)7-5-15/h2-3,8H,4-7,9H2,1H3,(H,14,16). The number of pyridine rings is 1. The van der Waals surface area contributed by atoms with Gasteiger partial charge in [0.1, 0.15) is 0 Å². The lowest BCUT2D eigenvalue weighted by atomic mass is 10.2. The van der Waals surface area contributed by atoms with E-state index < -0.39 is 9.84 Å². The van der Waals surface area contributed by atoms with Crippen LogP contribution in [-0.2, 0) is 16.4 Å². The number of aryl methyl sites for hydroxylation is 1. The summed E-state index contributed by atoms with van der Waals surface area (Å²) in [6, 6.07) is 3.53. The Morgan fingerprint density at radius 3 is 2.74 bits per heavy atom. The summed E-state index contributed by atoms with van der Waals surface area (Å²) in [6.07, 6.45) is 1.70. The lowest BCUT2D eigenvalue weighted by Gasteiger charge is -2.26. The molecule has 2 rings (SSSR count). The van der Waals surface area contributed by atoms with E-state index in [1.54, 1.807) is 6.20 Å². The Bertz CT molecular complexity index is 557. The maximum Gasteiger partial charge on any atom is 0.317 e. The molecule has 1 N–H and O–H groups in total. The molecule has 1 aromatic rings. The summed E-state index contributed by atoms with van der Waals surface area (Å²) in [7, 11) is -2.95. The van der Waals surface area contributed by atoms with Crippen molar-refractivity contribution in [1.29, 1.82) is 0 Å². The van der Waals surface area contributed by atoms with Gasteiger partial charge in [-0.05, 0) is 24.6 Å². The van der Waals surface area contributed by atoms with Crippen molar-refractivity contribution in [1.82, 2.24) is 15.2 Å². The molecule has 6 nitrogen and oxygen atoms in total. The Kier molecular flexibility index (Phi) is 4.04. The zero-order valence-corrected chi connectivity index (χ0v) is 11.6. The van der Waals surface area contributed by atoms with Crippen LogP contribution in [0.3, 0.4) is 0 Å².